The zero-order valence-corrected chi connectivity index (χ0v) is 17.4. The summed E-state index contributed by atoms with van der Waals surface area (Å²) in [6.45, 7) is 0. The van der Waals surface area contributed by atoms with Crippen molar-refractivity contribution in [3.8, 4) is 44.5 Å². The van der Waals surface area contributed by atoms with E-state index >= 15 is 0 Å². The van der Waals surface area contributed by atoms with Gasteiger partial charge in [-0.05, 0) is 90.8 Å². The molecule has 0 N–H and O–H groups in total. The van der Waals surface area contributed by atoms with Crippen LogP contribution in [0.4, 0.5) is 0 Å². The van der Waals surface area contributed by atoms with Gasteiger partial charge >= 0.3 is 0 Å². The molecule has 1 aliphatic carbocycles. The Morgan fingerprint density at radius 2 is 1.09 bits per heavy atom. The fraction of sp³-hybridized carbons (Fsp3) is 0. The van der Waals surface area contributed by atoms with E-state index in [9.17, 15) is 0 Å². The fourth-order valence-corrected chi connectivity index (χ4v) is 5.12. The number of pyridine rings is 1. The number of fused-ring (bicyclic) bond motifs is 4. The topological polar surface area (TPSA) is 12.9 Å². The van der Waals surface area contributed by atoms with E-state index in [1.807, 2.05) is 18.5 Å². The Labute approximate surface area is 186 Å². The van der Waals surface area contributed by atoms with Gasteiger partial charge in [0.25, 0.3) is 0 Å². The lowest BCUT2D eigenvalue weighted by Gasteiger charge is -2.10. The van der Waals surface area contributed by atoms with Gasteiger partial charge in [0, 0.05) is 18.0 Å². The Hall–Kier alpha value is -4.23. The summed E-state index contributed by atoms with van der Waals surface area (Å²) in [6.07, 6.45) is 3.73. The molecule has 0 unspecified atom stereocenters. The van der Waals surface area contributed by atoms with Crippen molar-refractivity contribution in [2.45, 2.75) is 0 Å². The molecule has 1 nitrogen and oxygen atoms in total. The van der Waals surface area contributed by atoms with Crippen LogP contribution in [-0.4, -0.2) is 4.98 Å². The summed E-state index contributed by atoms with van der Waals surface area (Å²) in [5, 5.41) is 5.17. The number of nitrogens with zero attached hydrogens (tertiary/aromatic N) is 1. The van der Waals surface area contributed by atoms with Crippen LogP contribution in [0.1, 0.15) is 0 Å². The summed E-state index contributed by atoms with van der Waals surface area (Å²) < 4.78 is 0. The summed E-state index contributed by atoms with van der Waals surface area (Å²) in [5.74, 6) is 0. The van der Waals surface area contributed by atoms with Crippen molar-refractivity contribution in [1.82, 2.24) is 4.98 Å². The maximum atomic E-state index is 4.26. The largest absolute Gasteiger partial charge is 0.264 e. The van der Waals surface area contributed by atoms with Crippen LogP contribution >= 0.6 is 0 Å². The van der Waals surface area contributed by atoms with Crippen LogP contribution in [-0.2, 0) is 0 Å². The average molecular weight is 406 g/mol. The lowest BCUT2D eigenvalue weighted by molar-refractivity contribution is 1.33. The molecule has 0 saturated heterocycles. The minimum Gasteiger partial charge on any atom is -0.264 e. The van der Waals surface area contributed by atoms with Crippen LogP contribution in [0.2, 0.25) is 0 Å². The van der Waals surface area contributed by atoms with Crippen molar-refractivity contribution in [3.63, 3.8) is 0 Å². The normalized spacial score (nSPS) is 11.8. The highest BCUT2D eigenvalue weighted by molar-refractivity contribution is 6.16. The van der Waals surface area contributed by atoms with Crippen molar-refractivity contribution in [2.75, 3.05) is 0 Å². The van der Waals surface area contributed by atoms with Gasteiger partial charge in [-0.15, -0.1) is 0 Å². The van der Waals surface area contributed by atoms with E-state index in [2.05, 4.69) is 102 Å². The Balaban J connectivity index is 1.39. The number of rotatable bonds is 2. The second-order valence-electron chi connectivity index (χ2n) is 8.49. The van der Waals surface area contributed by atoms with Gasteiger partial charge in [-0.1, -0.05) is 72.8 Å². The summed E-state index contributed by atoms with van der Waals surface area (Å²) in [4.78, 5) is 4.26. The van der Waals surface area contributed by atoms with Crippen molar-refractivity contribution >= 4 is 21.5 Å². The number of aromatic nitrogens is 1. The summed E-state index contributed by atoms with van der Waals surface area (Å²) >= 11 is 0. The molecule has 0 amide bonds. The SMILES string of the molecule is c1cncc(-c2ccc3cc(-c4cc5c6c(cccc6c4)-c4ccccc4-5)ccc3c2)c1. The van der Waals surface area contributed by atoms with Crippen LogP contribution in [0.15, 0.2) is 116 Å². The molecule has 148 valence electrons. The Kier molecular flexibility index (Phi) is 3.62. The molecule has 0 aliphatic heterocycles. The van der Waals surface area contributed by atoms with Gasteiger partial charge in [0.2, 0.25) is 0 Å². The van der Waals surface area contributed by atoms with Crippen LogP contribution in [0.5, 0.6) is 0 Å². The molecular formula is C31H19N. The van der Waals surface area contributed by atoms with Gasteiger partial charge in [-0.2, -0.15) is 0 Å². The number of hydrogen-bond acceptors (Lipinski definition) is 1. The smallest absolute Gasteiger partial charge is 0.0346 e. The molecule has 0 atom stereocenters. The van der Waals surface area contributed by atoms with Crippen molar-refractivity contribution < 1.29 is 0 Å². The molecule has 0 radical (unpaired) electrons. The predicted molar refractivity (Wildman–Crippen MR) is 135 cm³/mol. The van der Waals surface area contributed by atoms with Crippen molar-refractivity contribution in [1.29, 1.82) is 0 Å². The van der Waals surface area contributed by atoms with Gasteiger partial charge in [0.05, 0.1) is 0 Å². The van der Waals surface area contributed by atoms with E-state index in [1.165, 1.54) is 60.5 Å². The molecule has 7 rings (SSSR count). The molecule has 1 heterocycles. The van der Waals surface area contributed by atoms with Gasteiger partial charge in [-0.25, -0.2) is 0 Å². The molecule has 1 aromatic heterocycles. The lowest BCUT2D eigenvalue weighted by Crippen LogP contribution is -1.84. The van der Waals surface area contributed by atoms with Crippen LogP contribution in [0.25, 0.3) is 66.1 Å². The highest BCUT2D eigenvalue weighted by Gasteiger charge is 2.21. The quantitative estimate of drug-likeness (QED) is 0.281. The molecule has 0 saturated carbocycles. The molecule has 0 spiro atoms. The Bertz CT molecular complexity index is 1660. The first kappa shape index (κ1) is 17.5. The van der Waals surface area contributed by atoms with Crippen molar-refractivity contribution in [3.05, 3.63) is 116 Å². The van der Waals surface area contributed by atoms with Crippen LogP contribution in [0, 0.1) is 0 Å². The van der Waals surface area contributed by atoms with E-state index in [4.69, 9.17) is 0 Å². The maximum absolute atomic E-state index is 4.26. The Morgan fingerprint density at radius 3 is 1.84 bits per heavy atom. The second kappa shape index (κ2) is 6.63. The molecule has 32 heavy (non-hydrogen) atoms. The zero-order valence-electron chi connectivity index (χ0n) is 17.4. The maximum Gasteiger partial charge on any atom is 0.0346 e. The number of hydrogen-bond donors (Lipinski definition) is 0. The second-order valence-corrected chi connectivity index (χ2v) is 8.49. The average Bonchev–Trinajstić information content (AvgIpc) is 3.19. The van der Waals surface area contributed by atoms with E-state index in [0.29, 0.717) is 0 Å². The van der Waals surface area contributed by atoms with Gasteiger partial charge in [0.1, 0.15) is 0 Å². The standard InChI is InChI=1S/C31H19N/c1-2-8-28-27(7-1)29-9-3-5-24-17-26(18-30(28)31(24)29)23-13-11-20-15-22(12-10-21(20)16-23)25-6-4-14-32-19-25/h1-19H. The van der Waals surface area contributed by atoms with E-state index in [0.717, 1.165) is 5.56 Å². The molecule has 6 aromatic rings. The molecule has 5 aromatic carbocycles. The third-order valence-electron chi connectivity index (χ3n) is 6.65. The third-order valence-corrected chi connectivity index (χ3v) is 6.65. The molecule has 0 fully saturated rings. The monoisotopic (exact) mass is 405 g/mol. The van der Waals surface area contributed by atoms with Crippen LogP contribution < -0.4 is 0 Å². The molecular weight excluding hydrogens is 386 g/mol. The first-order chi connectivity index (χ1) is 15.8. The van der Waals surface area contributed by atoms with E-state index in [1.54, 1.807) is 0 Å². The first-order valence-corrected chi connectivity index (χ1v) is 11.0. The van der Waals surface area contributed by atoms with Gasteiger partial charge in [0.15, 0.2) is 0 Å². The van der Waals surface area contributed by atoms with Gasteiger partial charge < -0.3 is 0 Å². The highest BCUT2D eigenvalue weighted by atomic mass is 14.6. The van der Waals surface area contributed by atoms with Gasteiger partial charge in [-0.3, -0.25) is 4.98 Å². The first-order valence-electron chi connectivity index (χ1n) is 11.0. The lowest BCUT2D eigenvalue weighted by atomic mass is 9.94. The summed E-state index contributed by atoms with van der Waals surface area (Å²) in [5.41, 5.74) is 10.2. The zero-order chi connectivity index (χ0) is 21.1. The minimum absolute atomic E-state index is 1.14. The fourth-order valence-electron chi connectivity index (χ4n) is 5.12. The summed E-state index contributed by atoms with van der Waals surface area (Å²) in [6, 6.07) is 37.6. The number of benzene rings is 5. The van der Waals surface area contributed by atoms with E-state index < -0.39 is 0 Å². The molecule has 1 heteroatoms. The molecule has 1 aliphatic rings. The van der Waals surface area contributed by atoms with Crippen molar-refractivity contribution in [2.24, 2.45) is 0 Å². The third kappa shape index (κ3) is 2.55. The predicted octanol–water partition coefficient (Wildman–Crippen LogP) is 8.37. The molecule has 0 bridgehead atoms. The van der Waals surface area contributed by atoms with E-state index in [-0.39, 0.29) is 0 Å². The Morgan fingerprint density at radius 1 is 0.406 bits per heavy atom. The van der Waals surface area contributed by atoms with Crippen LogP contribution in [0.3, 0.4) is 0 Å². The summed E-state index contributed by atoms with van der Waals surface area (Å²) in [7, 11) is 0. The highest BCUT2D eigenvalue weighted by Crippen LogP contribution is 2.48. The minimum atomic E-state index is 1.14.